The van der Waals surface area contributed by atoms with Crippen LogP contribution in [0.1, 0.15) is 0 Å². The highest BCUT2D eigenvalue weighted by Crippen LogP contribution is 2.48. The van der Waals surface area contributed by atoms with Crippen molar-refractivity contribution in [3.05, 3.63) is 20.9 Å². The maximum absolute atomic E-state index is 6.06. The van der Waals surface area contributed by atoms with E-state index in [1.165, 1.54) is 0 Å². The minimum Gasteiger partial charge on any atom is -0.453 e. The van der Waals surface area contributed by atoms with E-state index in [1.807, 2.05) is 11.4 Å². The molecule has 72 valence electrons. The van der Waals surface area contributed by atoms with Crippen molar-refractivity contribution in [2.75, 3.05) is 6.79 Å². The molecule has 0 atom stereocenters. The molecular weight excluding hydrogens is 288 g/mol. The third-order valence-corrected chi connectivity index (χ3v) is 4.12. The first-order chi connectivity index (χ1) is 6.77. The van der Waals surface area contributed by atoms with E-state index in [-0.39, 0.29) is 6.79 Å². The van der Waals surface area contributed by atoms with Gasteiger partial charge in [0.15, 0.2) is 11.5 Å². The largest absolute Gasteiger partial charge is 0.453 e. The van der Waals surface area contributed by atoms with Gasteiger partial charge in [-0.25, -0.2) is 0 Å². The van der Waals surface area contributed by atoms with Crippen molar-refractivity contribution in [2.45, 2.75) is 0 Å². The molecule has 2 aromatic rings. The van der Waals surface area contributed by atoms with E-state index in [0.717, 1.165) is 31.1 Å². The Labute approximate surface area is 97.5 Å². The minimum atomic E-state index is 0.288. The predicted molar refractivity (Wildman–Crippen MR) is 60.7 cm³/mol. The second-order valence-electron chi connectivity index (χ2n) is 2.88. The van der Waals surface area contributed by atoms with Crippen LogP contribution >= 0.6 is 38.9 Å². The first-order valence-corrected chi connectivity index (χ1v) is 5.97. The lowest BCUT2D eigenvalue weighted by atomic mass is 10.2. The molecule has 1 aromatic heterocycles. The van der Waals surface area contributed by atoms with E-state index in [4.69, 9.17) is 21.1 Å². The number of rotatable bonds is 0. The van der Waals surface area contributed by atoms with Crippen molar-refractivity contribution >= 4 is 49.0 Å². The minimum absolute atomic E-state index is 0.288. The zero-order valence-electron chi connectivity index (χ0n) is 6.84. The Hall–Kier alpha value is -0.450. The number of benzene rings is 1. The molecule has 0 saturated heterocycles. The van der Waals surface area contributed by atoms with Gasteiger partial charge < -0.3 is 9.47 Å². The number of thiophene rings is 1. The lowest BCUT2D eigenvalue weighted by Crippen LogP contribution is -1.92. The van der Waals surface area contributed by atoms with Crippen molar-refractivity contribution < 1.29 is 9.47 Å². The molecule has 1 aromatic carbocycles. The normalized spacial score (nSPS) is 13.9. The maximum Gasteiger partial charge on any atom is 0.231 e. The molecule has 3 rings (SSSR count). The van der Waals surface area contributed by atoms with Gasteiger partial charge in [0.25, 0.3) is 0 Å². The van der Waals surface area contributed by atoms with Crippen molar-refractivity contribution in [3.8, 4) is 11.5 Å². The number of hydrogen-bond donors (Lipinski definition) is 0. The predicted octanol–water partition coefficient (Wildman–Crippen LogP) is 4.05. The fourth-order valence-electron chi connectivity index (χ4n) is 1.49. The molecule has 2 nitrogen and oxygen atoms in total. The third kappa shape index (κ3) is 1.08. The number of hydrogen-bond acceptors (Lipinski definition) is 3. The van der Waals surface area contributed by atoms with Gasteiger partial charge >= 0.3 is 0 Å². The number of halogens is 2. The van der Waals surface area contributed by atoms with Crippen LogP contribution in [0.15, 0.2) is 15.9 Å². The van der Waals surface area contributed by atoms with E-state index in [2.05, 4.69) is 15.9 Å². The Morgan fingerprint density at radius 2 is 2.29 bits per heavy atom. The highest BCUT2D eigenvalue weighted by atomic mass is 79.9. The molecule has 0 aliphatic carbocycles. The van der Waals surface area contributed by atoms with Crippen LogP contribution in [0.2, 0.25) is 5.02 Å². The quantitative estimate of drug-likeness (QED) is 0.729. The highest BCUT2D eigenvalue weighted by molar-refractivity contribution is 9.10. The molecule has 0 bridgehead atoms. The molecule has 0 spiro atoms. The summed E-state index contributed by atoms with van der Waals surface area (Å²) in [6, 6.07) is 1.89. The van der Waals surface area contributed by atoms with E-state index >= 15 is 0 Å². The molecule has 5 heteroatoms. The summed E-state index contributed by atoms with van der Waals surface area (Å²) in [6.07, 6.45) is 0. The Balaban J connectivity index is 2.48. The summed E-state index contributed by atoms with van der Waals surface area (Å²) in [5.41, 5.74) is 0. The van der Waals surface area contributed by atoms with Gasteiger partial charge in [-0.1, -0.05) is 11.6 Å². The third-order valence-electron chi connectivity index (χ3n) is 2.09. The van der Waals surface area contributed by atoms with Crippen molar-refractivity contribution in [1.29, 1.82) is 0 Å². The molecule has 0 unspecified atom stereocenters. The van der Waals surface area contributed by atoms with Crippen LogP contribution in [-0.2, 0) is 0 Å². The van der Waals surface area contributed by atoms with Crippen LogP contribution in [0.4, 0.5) is 0 Å². The van der Waals surface area contributed by atoms with Crippen molar-refractivity contribution in [2.24, 2.45) is 0 Å². The van der Waals surface area contributed by atoms with Gasteiger partial charge in [0, 0.05) is 15.2 Å². The fourth-order valence-corrected chi connectivity index (χ4v) is 3.68. The van der Waals surface area contributed by atoms with Crippen molar-refractivity contribution in [3.63, 3.8) is 0 Å². The summed E-state index contributed by atoms with van der Waals surface area (Å²) >= 11 is 11.1. The van der Waals surface area contributed by atoms with Gasteiger partial charge in [-0.2, -0.15) is 0 Å². The lowest BCUT2D eigenvalue weighted by molar-refractivity contribution is 0.175. The fraction of sp³-hybridized carbons (Fsp3) is 0.111. The Morgan fingerprint density at radius 3 is 3.14 bits per heavy atom. The molecule has 0 amide bonds. The smallest absolute Gasteiger partial charge is 0.231 e. The molecule has 0 radical (unpaired) electrons. The summed E-state index contributed by atoms with van der Waals surface area (Å²) in [7, 11) is 0. The molecule has 1 aliphatic heterocycles. The van der Waals surface area contributed by atoms with Gasteiger partial charge in [-0.05, 0) is 22.0 Å². The molecule has 0 saturated carbocycles. The summed E-state index contributed by atoms with van der Waals surface area (Å²) in [6.45, 7) is 0.288. The van der Waals surface area contributed by atoms with Crippen LogP contribution in [0.3, 0.4) is 0 Å². The van der Waals surface area contributed by atoms with Gasteiger partial charge in [-0.15, -0.1) is 11.3 Å². The van der Waals surface area contributed by atoms with Gasteiger partial charge in [0.05, 0.1) is 9.72 Å². The molecule has 1 aliphatic rings. The lowest BCUT2D eigenvalue weighted by Gasteiger charge is -2.00. The summed E-state index contributed by atoms with van der Waals surface area (Å²) in [5, 5.41) is 3.65. The summed E-state index contributed by atoms with van der Waals surface area (Å²) in [5.74, 6) is 1.59. The average Bonchev–Trinajstić information content (AvgIpc) is 2.71. The zero-order valence-corrected chi connectivity index (χ0v) is 10.0. The number of fused-ring (bicyclic) bond motifs is 3. The Bertz CT molecular complexity index is 523. The van der Waals surface area contributed by atoms with Crippen LogP contribution in [0.25, 0.3) is 10.1 Å². The van der Waals surface area contributed by atoms with E-state index in [9.17, 15) is 0 Å². The average molecular weight is 292 g/mol. The number of ether oxygens (including phenoxy) is 2. The zero-order chi connectivity index (χ0) is 9.71. The molecule has 0 N–H and O–H groups in total. The van der Waals surface area contributed by atoms with Crippen LogP contribution < -0.4 is 9.47 Å². The van der Waals surface area contributed by atoms with Gasteiger partial charge in [-0.3, -0.25) is 0 Å². The molecule has 2 heterocycles. The van der Waals surface area contributed by atoms with Crippen LogP contribution in [-0.4, -0.2) is 6.79 Å². The van der Waals surface area contributed by atoms with Crippen LogP contribution in [0.5, 0.6) is 11.5 Å². The maximum atomic E-state index is 6.06. The van der Waals surface area contributed by atoms with E-state index < -0.39 is 0 Å². The van der Waals surface area contributed by atoms with E-state index in [0.29, 0.717) is 0 Å². The second kappa shape index (κ2) is 3.02. The molecular formula is C9H4BrClO2S. The SMILES string of the molecule is Clc1csc2c3c(cc(Br)c12)OCO3. The summed E-state index contributed by atoms with van der Waals surface area (Å²) in [4.78, 5) is 0. The standard InChI is InChI=1S/C9H4BrClO2S/c10-4-1-6-8(13-3-12-6)9-7(4)5(11)2-14-9/h1-2H,3H2. The first kappa shape index (κ1) is 8.83. The van der Waals surface area contributed by atoms with E-state index in [1.54, 1.807) is 11.3 Å². The Morgan fingerprint density at radius 1 is 1.43 bits per heavy atom. The second-order valence-corrected chi connectivity index (χ2v) is 5.02. The molecule has 0 fully saturated rings. The van der Waals surface area contributed by atoms with Crippen molar-refractivity contribution in [1.82, 2.24) is 0 Å². The Kier molecular flexibility index (Phi) is 1.90. The molecule has 14 heavy (non-hydrogen) atoms. The highest BCUT2D eigenvalue weighted by Gasteiger charge is 2.21. The first-order valence-electron chi connectivity index (χ1n) is 3.92. The topological polar surface area (TPSA) is 18.5 Å². The summed E-state index contributed by atoms with van der Waals surface area (Å²) < 4.78 is 12.7. The van der Waals surface area contributed by atoms with Gasteiger partial charge in [0.2, 0.25) is 6.79 Å². The van der Waals surface area contributed by atoms with Crippen LogP contribution in [0, 0.1) is 0 Å². The van der Waals surface area contributed by atoms with Gasteiger partial charge in [0.1, 0.15) is 0 Å². The monoisotopic (exact) mass is 290 g/mol.